The molecule has 6 nitrogen and oxygen atoms in total. The summed E-state index contributed by atoms with van der Waals surface area (Å²) in [5.74, 6) is -0.837. The first-order valence-electron chi connectivity index (χ1n) is 8.83. The Bertz CT molecular complexity index is 883. The van der Waals surface area contributed by atoms with Crippen LogP contribution in [-0.4, -0.2) is 24.5 Å². The molecule has 0 saturated heterocycles. The molecule has 2 rings (SSSR count). The van der Waals surface area contributed by atoms with Gasteiger partial charge in [0.25, 0.3) is 0 Å². The molecule has 0 N–H and O–H groups in total. The Morgan fingerprint density at radius 2 is 1.07 bits per heavy atom. The minimum atomic E-state index is -0.783. The van der Waals surface area contributed by atoms with E-state index in [-0.39, 0.29) is 22.6 Å². The first kappa shape index (κ1) is 21.3. The van der Waals surface area contributed by atoms with E-state index in [1.54, 1.807) is 41.5 Å². The highest BCUT2D eigenvalue weighted by Crippen LogP contribution is 2.38. The molecular weight excluding hydrogens is 360 g/mol. The van der Waals surface area contributed by atoms with Gasteiger partial charge in [0.2, 0.25) is 0 Å². The highest BCUT2D eigenvalue weighted by atomic mass is 16.5. The summed E-state index contributed by atoms with van der Waals surface area (Å²) < 4.78 is 11.1. The first-order valence-corrected chi connectivity index (χ1v) is 8.83. The second kappa shape index (κ2) is 7.54. The Hall–Kier alpha value is -3.02. The standard InChI is InChI=1S/C22H24O6/c1-21(2,3)19(25)27-16-9-13(11-23)7-15-8-14(12-24)10-17(18(15)16)28-20(26)22(4,5)6/h7-12H,1-6H3. The number of benzene rings is 2. The topological polar surface area (TPSA) is 86.7 Å². The number of esters is 2. The molecule has 0 fully saturated rings. The maximum Gasteiger partial charge on any atom is 0.316 e. The molecule has 0 aliphatic carbocycles. The summed E-state index contributed by atoms with van der Waals surface area (Å²) in [6.45, 7) is 10.2. The van der Waals surface area contributed by atoms with E-state index in [1.807, 2.05) is 0 Å². The molecule has 6 heteroatoms. The Labute approximate surface area is 163 Å². The van der Waals surface area contributed by atoms with Crippen LogP contribution in [-0.2, 0) is 9.59 Å². The van der Waals surface area contributed by atoms with Crippen molar-refractivity contribution >= 4 is 35.3 Å². The van der Waals surface area contributed by atoms with E-state index < -0.39 is 22.8 Å². The summed E-state index contributed by atoms with van der Waals surface area (Å²) in [6.07, 6.45) is 1.23. The van der Waals surface area contributed by atoms with Crippen molar-refractivity contribution in [3.63, 3.8) is 0 Å². The van der Waals surface area contributed by atoms with E-state index in [2.05, 4.69) is 0 Å². The number of hydrogen-bond acceptors (Lipinski definition) is 6. The van der Waals surface area contributed by atoms with Gasteiger partial charge in [0, 0.05) is 11.1 Å². The van der Waals surface area contributed by atoms with Gasteiger partial charge in [0.15, 0.2) is 0 Å². The van der Waals surface area contributed by atoms with Gasteiger partial charge < -0.3 is 9.47 Å². The predicted octanol–water partition coefficient (Wildman–Crippen LogP) is 4.37. The van der Waals surface area contributed by atoms with Gasteiger partial charge in [-0.15, -0.1) is 0 Å². The number of ether oxygens (including phenoxy) is 2. The Balaban J connectivity index is 2.76. The molecule has 0 aliphatic rings. The molecule has 0 aliphatic heterocycles. The van der Waals surface area contributed by atoms with Crippen LogP contribution < -0.4 is 9.47 Å². The number of rotatable bonds is 4. The third-order valence-electron chi connectivity index (χ3n) is 3.92. The molecule has 0 amide bonds. The van der Waals surface area contributed by atoms with Gasteiger partial charge in [0.1, 0.15) is 24.1 Å². The molecule has 0 bridgehead atoms. The van der Waals surface area contributed by atoms with Crippen molar-refractivity contribution in [2.24, 2.45) is 10.8 Å². The second-order valence-electron chi connectivity index (χ2n) is 8.65. The van der Waals surface area contributed by atoms with Crippen molar-refractivity contribution in [1.82, 2.24) is 0 Å². The van der Waals surface area contributed by atoms with Crippen molar-refractivity contribution in [2.75, 3.05) is 0 Å². The molecule has 2 aromatic carbocycles. The lowest BCUT2D eigenvalue weighted by Gasteiger charge is -2.20. The van der Waals surface area contributed by atoms with Gasteiger partial charge >= 0.3 is 11.9 Å². The van der Waals surface area contributed by atoms with Crippen molar-refractivity contribution < 1.29 is 28.7 Å². The van der Waals surface area contributed by atoms with E-state index in [4.69, 9.17) is 9.47 Å². The molecular formula is C22H24O6. The number of hydrogen-bond donors (Lipinski definition) is 0. The number of aldehydes is 2. The highest BCUT2D eigenvalue weighted by Gasteiger charge is 2.28. The number of fused-ring (bicyclic) bond motifs is 1. The highest BCUT2D eigenvalue weighted by molar-refractivity contribution is 6.02. The fraction of sp³-hybridized carbons (Fsp3) is 0.364. The third kappa shape index (κ3) is 4.63. The lowest BCUT2D eigenvalue weighted by atomic mass is 9.96. The average Bonchev–Trinajstić information content (AvgIpc) is 2.59. The number of carbonyl (C=O) groups excluding carboxylic acids is 4. The van der Waals surface area contributed by atoms with Gasteiger partial charge in [-0.3, -0.25) is 19.2 Å². The van der Waals surface area contributed by atoms with Gasteiger partial charge in [-0.2, -0.15) is 0 Å². The average molecular weight is 384 g/mol. The molecule has 0 radical (unpaired) electrons. The SMILES string of the molecule is CC(C)(C)C(=O)Oc1cc(C=O)cc2cc(C=O)cc(OC(=O)C(C)(C)C)c12. The largest absolute Gasteiger partial charge is 0.425 e. The molecule has 0 unspecified atom stereocenters. The summed E-state index contributed by atoms with van der Waals surface area (Å²) in [5.41, 5.74) is -1.04. The van der Waals surface area contributed by atoms with Gasteiger partial charge in [-0.1, -0.05) is 0 Å². The van der Waals surface area contributed by atoms with Gasteiger partial charge in [0.05, 0.1) is 16.2 Å². The van der Waals surface area contributed by atoms with Crippen LogP contribution in [0.2, 0.25) is 0 Å². The summed E-state index contributed by atoms with van der Waals surface area (Å²) in [7, 11) is 0. The van der Waals surface area contributed by atoms with E-state index >= 15 is 0 Å². The maximum atomic E-state index is 12.4. The Morgan fingerprint density at radius 1 is 0.714 bits per heavy atom. The quantitative estimate of drug-likeness (QED) is 0.442. The van der Waals surface area contributed by atoms with Crippen LogP contribution >= 0.6 is 0 Å². The predicted molar refractivity (Wildman–Crippen MR) is 105 cm³/mol. The molecule has 0 saturated carbocycles. The van der Waals surface area contributed by atoms with Crippen LogP contribution in [0.5, 0.6) is 11.5 Å². The van der Waals surface area contributed by atoms with E-state index in [9.17, 15) is 19.2 Å². The lowest BCUT2D eigenvalue weighted by molar-refractivity contribution is -0.143. The molecule has 0 heterocycles. The normalized spacial score (nSPS) is 11.8. The monoisotopic (exact) mass is 384 g/mol. The fourth-order valence-electron chi connectivity index (χ4n) is 2.28. The summed E-state index contributed by atoms with van der Waals surface area (Å²) >= 11 is 0. The van der Waals surface area contributed by atoms with Crippen LogP contribution in [0, 0.1) is 10.8 Å². The Kier molecular flexibility index (Phi) is 5.73. The van der Waals surface area contributed by atoms with Crippen LogP contribution in [0.15, 0.2) is 24.3 Å². The van der Waals surface area contributed by atoms with Gasteiger partial charge in [-0.05, 0) is 71.2 Å². The van der Waals surface area contributed by atoms with Crippen molar-refractivity contribution in [1.29, 1.82) is 0 Å². The first-order chi connectivity index (χ1) is 12.9. The zero-order valence-electron chi connectivity index (χ0n) is 16.9. The van der Waals surface area contributed by atoms with Crippen LogP contribution in [0.25, 0.3) is 10.8 Å². The molecule has 2 aromatic rings. The fourth-order valence-corrected chi connectivity index (χ4v) is 2.28. The van der Waals surface area contributed by atoms with Crippen molar-refractivity contribution in [3.05, 3.63) is 35.4 Å². The summed E-state index contributed by atoms with van der Waals surface area (Å²) in [6, 6.07) is 5.90. The van der Waals surface area contributed by atoms with Crippen LogP contribution in [0.3, 0.4) is 0 Å². The van der Waals surface area contributed by atoms with Gasteiger partial charge in [-0.25, -0.2) is 0 Å². The number of carbonyl (C=O) groups is 4. The summed E-state index contributed by atoms with van der Waals surface area (Å²) in [5, 5.41) is 0.786. The van der Waals surface area contributed by atoms with Crippen LogP contribution in [0.1, 0.15) is 62.3 Å². The summed E-state index contributed by atoms with van der Waals surface area (Å²) in [4.78, 5) is 47.5. The lowest BCUT2D eigenvalue weighted by Crippen LogP contribution is -2.26. The third-order valence-corrected chi connectivity index (χ3v) is 3.92. The smallest absolute Gasteiger partial charge is 0.316 e. The second-order valence-corrected chi connectivity index (χ2v) is 8.65. The van der Waals surface area contributed by atoms with E-state index in [0.717, 1.165) is 0 Å². The minimum Gasteiger partial charge on any atom is -0.425 e. The molecule has 28 heavy (non-hydrogen) atoms. The molecule has 0 atom stereocenters. The Morgan fingerprint density at radius 3 is 1.36 bits per heavy atom. The van der Waals surface area contributed by atoms with Crippen molar-refractivity contribution in [3.8, 4) is 11.5 Å². The maximum absolute atomic E-state index is 12.4. The van der Waals surface area contributed by atoms with E-state index in [0.29, 0.717) is 23.3 Å². The minimum absolute atomic E-state index is 0.0914. The zero-order chi connectivity index (χ0) is 21.3. The molecule has 0 spiro atoms. The molecule has 148 valence electrons. The van der Waals surface area contributed by atoms with Crippen molar-refractivity contribution in [2.45, 2.75) is 41.5 Å². The zero-order valence-corrected chi connectivity index (χ0v) is 16.9. The molecule has 0 aromatic heterocycles. The van der Waals surface area contributed by atoms with E-state index in [1.165, 1.54) is 24.3 Å². The van der Waals surface area contributed by atoms with Crippen LogP contribution in [0.4, 0.5) is 0 Å².